The van der Waals surface area contributed by atoms with E-state index in [4.69, 9.17) is 10.7 Å². The second-order valence-corrected chi connectivity index (χ2v) is 8.64. The molecule has 0 bridgehead atoms. The van der Waals surface area contributed by atoms with Crippen molar-refractivity contribution in [2.75, 3.05) is 0 Å². The van der Waals surface area contributed by atoms with Gasteiger partial charge in [0, 0.05) is 17.0 Å². The highest BCUT2D eigenvalue weighted by Gasteiger charge is 2.21. The van der Waals surface area contributed by atoms with Crippen LogP contribution < -0.4 is 5.73 Å². The Morgan fingerprint density at radius 2 is 1.80 bits per heavy atom. The van der Waals surface area contributed by atoms with Crippen molar-refractivity contribution >= 4 is 12.2 Å². The fraction of sp³-hybridized carbons (Fsp3) is 0.226. The van der Waals surface area contributed by atoms with Crippen LogP contribution in [0.3, 0.4) is 0 Å². The molecule has 0 spiro atoms. The molecule has 0 aliphatic heterocycles. The second kappa shape index (κ2) is 12.0. The molecule has 2 N–H and O–H groups in total. The first kappa shape index (κ1) is 25.7. The molecule has 4 nitrogen and oxygen atoms in total. The summed E-state index contributed by atoms with van der Waals surface area (Å²) in [5.74, 6) is 0.622. The zero-order valence-corrected chi connectivity index (χ0v) is 21.3. The molecule has 0 saturated heterocycles. The van der Waals surface area contributed by atoms with E-state index in [2.05, 4.69) is 105 Å². The summed E-state index contributed by atoms with van der Waals surface area (Å²) in [6.07, 6.45) is 8.02. The summed E-state index contributed by atoms with van der Waals surface area (Å²) >= 11 is 0. The number of aromatic nitrogens is 1. The van der Waals surface area contributed by atoms with E-state index in [1.165, 1.54) is 17.5 Å². The van der Waals surface area contributed by atoms with Crippen LogP contribution in [-0.2, 0) is 13.0 Å². The van der Waals surface area contributed by atoms with Gasteiger partial charge in [-0.05, 0) is 55.5 Å². The van der Waals surface area contributed by atoms with Crippen LogP contribution in [0, 0.1) is 13.8 Å². The van der Waals surface area contributed by atoms with E-state index in [0.29, 0.717) is 12.4 Å². The Bertz CT molecular complexity index is 1270. The topological polar surface area (TPSA) is 55.7 Å². The Labute approximate surface area is 210 Å². The molecule has 0 amide bonds. The fourth-order valence-electron chi connectivity index (χ4n) is 4.39. The third-order valence-electron chi connectivity index (χ3n) is 6.30. The minimum absolute atomic E-state index is 0.0416. The van der Waals surface area contributed by atoms with Crippen LogP contribution in [0.1, 0.15) is 47.8 Å². The van der Waals surface area contributed by atoms with Crippen molar-refractivity contribution in [1.29, 1.82) is 0 Å². The number of benzene rings is 2. The molecule has 1 aromatic heterocycles. The first-order chi connectivity index (χ1) is 16.9. The lowest BCUT2D eigenvalue weighted by Crippen LogP contribution is -2.12. The molecule has 1 unspecified atom stereocenters. The number of aliphatic imine (C=N–C) groups is 2. The van der Waals surface area contributed by atoms with E-state index in [0.717, 1.165) is 40.1 Å². The number of allylic oxidation sites excluding steroid dienone is 4. The van der Waals surface area contributed by atoms with Crippen LogP contribution in [0.25, 0.3) is 11.3 Å². The number of nitrogens with zero attached hydrogens (tertiary/aromatic N) is 3. The van der Waals surface area contributed by atoms with Crippen molar-refractivity contribution in [3.05, 3.63) is 120 Å². The van der Waals surface area contributed by atoms with Crippen LogP contribution in [0.4, 0.5) is 0 Å². The van der Waals surface area contributed by atoms with Gasteiger partial charge in [-0.25, -0.2) is 4.99 Å². The third-order valence-corrected chi connectivity index (χ3v) is 6.30. The quantitative estimate of drug-likeness (QED) is 0.204. The summed E-state index contributed by atoms with van der Waals surface area (Å²) in [5, 5.41) is 0. The Balaban J connectivity index is 2.18. The molecule has 0 radical (unpaired) electrons. The Hall–Kier alpha value is -3.92. The van der Waals surface area contributed by atoms with Gasteiger partial charge in [-0.3, -0.25) is 4.99 Å². The van der Waals surface area contributed by atoms with Crippen LogP contribution in [-0.4, -0.2) is 16.7 Å². The molecular formula is C31H36N4. The zero-order valence-electron chi connectivity index (χ0n) is 21.3. The van der Waals surface area contributed by atoms with E-state index in [9.17, 15) is 0 Å². The van der Waals surface area contributed by atoms with E-state index < -0.39 is 0 Å². The zero-order chi connectivity index (χ0) is 25.4. The maximum absolute atomic E-state index is 5.75. The predicted molar refractivity (Wildman–Crippen MR) is 151 cm³/mol. The van der Waals surface area contributed by atoms with Crippen LogP contribution in [0.2, 0.25) is 0 Å². The Morgan fingerprint density at radius 1 is 1.06 bits per heavy atom. The molecule has 0 aliphatic rings. The highest BCUT2D eigenvalue weighted by molar-refractivity contribution is 6.04. The lowest BCUT2D eigenvalue weighted by molar-refractivity contribution is 0.631. The summed E-state index contributed by atoms with van der Waals surface area (Å²) in [6, 6.07) is 19.3. The summed E-state index contributed by atoms with van der Waals surface area (Å²) in [5.41, 5.74) is 14.8. The van der Waals surface area contributed by atoms with Crippen LogP contribution in [0.5, 0.6) is 0 Å². The van der Waals surface area contributed by atoms with E-state index in [1.807, 2.05) is 12.2 Å². The molecule has 1 atom stereocenters. The van der Waals surface area contributed by atoms with Gasteiger partial charge in [0.05, 0.1) is 18.9 Å². The van der Waals surface area contributed by atoms with Crippen molar-refractivity contribution in [2.24, 2.45) is 15.7 Å². The molecule has 0 aliphatic carbocycles. The number of rotatable bonds is 9. The molecule has 0 fully saturated rings. The summed E-state index contributed by atoms with van der Waals surface area (Å²) in [4.78, 5) is 9.33. The normalized spacial score (nSPS) is 13.3. The van der Waals surface area contributed by atoms with Gasteiger partial charge in [0.2, 0.25) is 0 Å². The number of hydrogen-bond donors (Lipinski definition) is 1. The average molecular weight is 465 g/mol. The number of nitrogens with two attached hydrogens (primary N) is 1. The van der Waals surface area contributed by atoms with Gasteiger partial charge in [0.1, 0.15) is 0 Å². The number of amidine groups is 1. The highest BCUT2D eigenvalue weighted by Crippen LogP contribution is 2.33. The molecule has 35 heavy (non-hydrogen) atoms. The lowest BCUT2D eigenvalue weighted by atomic mass is 10.0. The van der Waals surface area contributed by atoms with Crippen molar-refractivity contribution < 1.29 is 0 Å². The second-order valence-electron chi connectivity index (χ2n) is 8.64. The lowest BCUT2D eigenvalue weighted by Gasteiger charge is -2.21. The third kappa shape index (κ3) is 5.96. The molecule has 3 aromatic rings. The van der Waals surface area contributed by atoms with Gasteiger partial charge in [-0.15, -0.1) is 0 Å². The molecule has 180 valence electrons. The highest BCUT2D eigenvalue weighted by atomic mass is 15.0. The average Bonchev–Trinajstić information content (AvgIpc) is 3.21. The summed E-state index contributed by atoms with van der Waals surface area (Å²) in [6.45, 7) is 17.0. The van der Waals surface area contributed by atoms with Crippen molar-refractivity contribution in [3.8, 4) is 11.3 Å². The minimum atomic E-state index is 0.0416. The Kier molecular flexibility index (Phi) is 8.80. The smallest absolute Gasteiger partial charge is 0.158 e. The van der Waals surface area contributed by atoms with Gasteiger partial charge in [-0.2, -0.15) is 0 Å². The molecule has 0 saturated carbocycles. The minimum Gasteiger partial charge on any atom is -0.390 e. The molecular weight excluding hydrogens is 428 g/mol. The van der Waals surface area contributed by atoms with Crippen molar-refractivity contribution in [2.45, 2.75) is 46.7 Å². The van der Waals surface area contributed by atoms with Crippen molar-refractivity contribution in [3.63, 3.8) is 0 Å². The monoisotopic (exact) mass is 464 g/mol. The van der Waals surface area contributed by atoms with Gasteiger partial charge < -0.3 is 10.3 Å². The first-order valence-electron chi connectivity index (χ1n) is 12.0. The Morgan fingerprint density at radius 3 is 2.40 bits per heavy atom. The first-order valence-corrected chi connectivity index (χ1v) is 12.0. The van der Waals surface area contributed by atoms with E-state index in [1.54, 1.807) is 6.08 Å². The van der Waals surface area contributed by atoms with Gasteiger partial charge in [-0.1, -0.05) is 92.4 Å². The van der Waals surface area contributed by atoms with Crippen LogP contribution >= 0.6 is 0 Å². The predicted octanol–water partition coefficient (Wildman–Crippen LogP) is 7.13. The molecule has 2 aromatic carbocycles. The standard InChI is InChI=1S/C31H36N4/c1-7-11-27(9-3)23(5)35-24(6)29(19-30(35)28-16-14-25(8-2)15-17-28)31(34-21-32)33-20-26-13-10-12-22(4)18-26/h7,9-19,21,23H,1,3,8,20H2,2,4-6H3,(H2,32,33,34)/b27-11+. The maximum Gasteiger partial charge on any atom is 0.158 e. The summed E-state index contributed by atoms with van der Waals surface area (Å²) in [7, 11) is 0. The van der Waals surface area contributed by atoms with E-state index >= 15 is 0 Å². The summed E-state index contributed by atoms with van der Waals surface area (Å²) < 4.78 is 2.32. The molecule has 1 heterocycles. The van der Waals surface area contributed by atoms with Gasteiger partial charge in [0.25, 0.3) is 0 Å². The van der Waals surface area contributed by atoms with Crippen LogP contribution in [0.15, 0.2) is 102 Å². The largest absolute Gasteiger partial charge is 0.390 e. The van der Waals surface area contributed by atoms with Gasteiger partial charge >= 0.3 is 0 Å². The molecule has 3 rings (SSSR count). The number of hydrogen-bond acceptors (Lipinski definition) is 1. The molecule has 4 heteroatoms. The van der Waals surface area contributed by atoms with Gasteiger partial charge in [0.15, 0.2) is 5.84 Å². The fourth-order valence-corrected chi connectivity index (χ4v) is 4.39. The van der Waals surface area contributed by atoms with E-state index in [-0.39, 0.29) is 6.04 Å². The van der Waals surface area contributed by atoms with Crippen molar-refractivity contribution in [1.82, 2.24) is 4.57 Å². The maximum atomic E-state index is 5.75. The SMILES string of the molecule is C=C/C=C(\C=C)C(C)n1c(-c2ccc(CC)cc2)cc(C(N=CN)=NCc2cccc(C)c2)c1C. The number of aryl methyl sites for hydroxylation is 2.